The van der Waals surface area contributed by atoms with Crippen LogP contribution in [0.4, 0.5) is 0 Å². The summed E-state index contributed by atoms with van der Waals surface area (Å²) >= 11 is 0. The Kier molecular flexibility index (Phi) is 6.94. The van der Waals surface area contributed by atoms with Gasteiger partial charge in [-0.15, -0.1) is 0 Å². The molecule has 0 saturated carbocycles. The van der Waals surface area contributed by atoms with E-state index < -0.39 is 10.0 Å². The van der Waals surface area contributed by atoms with E-state index in [0.29, 0.717) is 37.3 Å². The second-order valence-electron chi connectivity index (χ2n) is 7.50. The summed E-state index contributed by atoms with van der Waals surface area (Å²) in [5.41, 5.74) is 1.54. The van der Waals surface area contributed by atoms with Crippen molar-refractivity contribution in [3.63, 3.8) is 0 Å². The number of benzene rings is 1. The zero-order chi connectivity index (χ0) is 21.7. The number of sulfonamides is 1. The van der Waals surface area contributed by atoms with E-state index >= 15 is 0 Å². The van der Waals surface area contributed by atoms with Crippen LogP contribution < -0.4 is 10.0 Å². The van der Waals surface area contributed by atoms with Crippen molar-refractivity contribution in [3.8, 4) is 0 Å². The van der Waals surface area contributed by atoms with Crippen LogP contribution in [0.5, 0.6) is 0 Å². The molecule has 1 aromatic carbocycles. The van der Waals surface area contributed by atoms with Gasteiger partial charge in [0.15, 0.2) is 5.76 Å². The summed E-state index contributed by atoms with van der Waals surface area (Å²) in [5, 5.41) is 2.79. The Morgan fingerprint density at radius 1 is 1.13 bits per heavy atom. The smallest absolute Gasteiger partial charge is 0.289 e. The molecule has 1 aromatic heterocycles. The lowest BCUT2D eigenvalue weighted by Gasteiger charge is -2.30. The molecule has 0 radical (unpaired) electrons. The number of nitrogens with zero attached hydrogens (tertiary/aromatic N) is 1. The van der Waals surface area contributed by atoms with Crippen molar-refractivity contribution in [1.29, 1.82) is 0 Å². The van der Waals surface area contributed by atoms with Gasteiger partial charge in [0.2, 0.25) is 15.9 Å². The van der Waals surface area contributed by atoms with Crippen LogP contribution in [0.1, 0.15) is 34.5 Å². The average Bonchev–Trinajstić information content (AvgIpc) is 3.27. The van der Waals surface area contributed by atoms with Crippen molar-refractivity contribution < 1.29 is 22.4 Å². The van der Waals surface area contributed by atoms with E-state index in [1.807, 2.05) is 13.0 Å². The van der Waals surface area contributed by atoms with Crippen molar-refractivity contribution in [2.75, 3.05) is 26.2 Å². The quantitative estimate of drug-likeness (QED) is 0.648. The fraction of sp³-hybridized carbons (Fsp3) is 0.429. The molecular formula is C21H27N3O5S. The zero-order valence-corrected chi connectivity index (χ0v) is 18.0. The van der Waals surface area contributed by atoms with Crippen LogP contribution in [0.2, 0.25) is 0 Å². The first kappa shape index (κ1) is 22.0. The van der Waals surface area contributed by atoms with Crippen LogP contribution in [0, 0.1) is 19.8 Å². The van der Waals surface area contributed by atoms with Crippen LogP contribution in [0.3, 0.4) is 0 Å². The third-order valence-electron chi connectivity index (χ3n) is 5.23. The first-order valence-electron chi connectivity index (χ1n) is 9.95. The van der Waals surface area contributed by atoms with Gasteiger partial charge >= 0.3 is 0 Å². The largest absolute Gasteiger partial charge is 0.459 e. The number of furan rings is 1. The predicted molar refractivity (Wildman–Crippen MR) is 111 cm³/mol. The fourth-order valence-corrected chi connectivity index (χ4v) is 4.85. The number of piperidine rings is 1. The van der Waals surface area contributed by atoms with Crippen molar-refractivity contribution in [1.82, 2.24) is 14.9 Å². The first-order valence-corrected chi connectivity index (χ1v) is 11.4. The molecule has 2 heterocycles. The van der Waals surface area contributed by atoms with Gasteiger partial charge in [0.1, 0.15) is 0 Å². The number of amides is 2. The molecule has 0 atom stereocenters. The molecule has 1 aliphatic heterocycles. The molecule has 9 heteroatoms. The monoisotopic (exact) mass is 433 g/mol. The van der Waals surface area contributed by atoms with Gasteiger partial charge in [0.25, 0.3) is 5.91 Å². The summed E-state index contributed by atoms with van der Waals surface area (Å²) < 4.78 is 32.6. The minimum Gasteiger partial charge on any atom is -0.459 e. The van der Waals surface area contributed by atoms with Crippen LogP contribution in [-0.4, -0.2) is 51.3 Å². The summed E-state index contributed by atoms with van der Waals surface area (Å²) in [6, 6.07) is 8.56. The molecule has 0 aliphatic carbocycles. The number of rotatable bonds is 7. The molecule has 1 saturated heterocycles. The summed E-state index contributed by atoms with van der Waals surface area (Å²) in [4.78, 5) is 26.6. The number of nitrogens with one attached hydrogen (secondary N) is 2. The van der Waals surface area contributed by atoms with Crippen LogP contribution in [-0.2, 0) is 14.8 Å². The summed E-state index contributed by atoms with van der Waals surface area (Å²) in [5.74, 6) is -0.180. The minimum atomic E-state index is -3.63. The van der Waals surface area contributed by atoms with Crippen molar-refractivity contribution >= 4 is 21.8 Å². The van der Waals surface area contributed by atoms with E-state index in [1.165, 1.54) is 6.26 Å². The lowest BCUT2D eigenvalue weighted by Crippen LogP contribution is -2.44. The van der Waals surface area contributed by atoms with E-state index in [9.17, 15) is 18.0 Å². The van der Waals surface area contributed by atoms with Crippen molar-refractivity contribution in [2.45, 2.75) is 31.6 Å². The van der Waals surface area contributed by atoms with Gasteiger partial charge in [-0.3, -0.25) is 9.59 Å². The number of hydrogen-bond donors (Lipinski definition) is 2. The van der Waals surface area contributed by atoms with Crippen molar-refractivity contribution in [3.05, 3.63) is 53.5 Å². The van der Waals surface area contributed by atoms with Gasteiger partial charge in [0.05, 0.1) is 11.2 Å². The molecule has 0 unspecified atom stereocenters. The standard InChI is InChI=1S/C21H27N3O5S/c1-15-5-6-16(2)19(14-15)30(27,28)23-10-9-22-20(25)17-7-11-24(12-8-17)21(26)18-4-3-13-29-18/h3-6,13-14,17,23H,7-12H2,1-2H3,(H,22,25). The Morgan fingerprint density at radius 2 is 1.87 bits per heavy atom. The lowest BCUT2D eigenvalue weighted by atomic mass is 9.96. The van der Waals surface area contributed by atoms with Gasteiger partial charge < -0.3 is 14.6 Å². The van der Waals surface area contributed by atoms with Crippen LogP contribution >= 0.6 is 0 Å². The molecule has 2 N–H and O–H groups in total. The van der Waals surface area contributed by atoms with E-state index in [1.54, 1.807) is 36.1 Å². The number of carbonyl (C=O) groups excluding carboxylic acids is 2. The van der Waals surface area contributed by atoms with E-state index in [0.717, 1.165) is 5.56 Å². The Bertz CT molecular complexity index is 994. The minimum absolute atomic E-state index is 0.108. The third kappa shape index (κ3) is 5.28. The maximum atomic E-state index is 12.5. The highest BCUT2D eigenvalue weighted by Gasteiger charge is 2.28. The van der Waals surface area contributed by atoms with Gasteiger partial charge in [-0.1, -0.05) is 12.1 Å². The molecule has 0 spiro atoms. The molecule has 0 bridgehead atoms. The molecule has 1 aliphatic rings. The highest BCUT2D eigenvalue weighted by atomic mass is 32.2. The topological polar surface area (TPSA) is 109 Å². The lowest BCUT2D eigenvalue weighted by molar-refractivity contribution is -0.126. The van der Waals surface area contributed by atoms with Gasteiger partial charge in [-0.05, 0) is 56.0 Å². The van der Waals surface area contributed by atoms with Gasteiger partial charge in [-0.2, -0.15) is 0 Å². The molecule has 3 rings (SSSR count). The van der Waals surface area contributed by atoms with Crippen LogP contribution in [0.15, 0.2) is 45.9 Å². The SMILES string of the molecule is Cc1ccc(C)c(S(=O)(=O)NCCNC(=O)C2CCN(C(=O)c3ccco3)CC2)c1. The zero-order valence-electron chi connectivity index (χ0n) is 17.2. The average molecular weight is 434 g/mol. The molecular weight excluding hydrogens is 406 g/mol. The molecule has 2 aromatic rings. The predicted octanol–water partition coefficient (Wildman–Crippen LogP) is 1.84. The molecule has 162 valence electrons. The highest BCUT2D eigenvalue weighted by molar-refractivity contribution is 7.89. The summed E-state index contributed by atoms with van der Waals surface area (Å²) in [7, 11) is -3.63. The molecule has 30 heavy (non-hydrogen) atoms. The first-order chi connectivity index (χ1) is 14.3. The fourth-order valence-electron chi connectivity index (χ4n) is 3.49. The number of aryl methyl sites for hydroxylation is 2. The third-order valence-corrected chi connectivity index (χ3v) is 6.84. The second kappa shape index (κ2) is 9.44. The van der Waals surface area contributed by atoms with E-state index in [2.05, 4.69) is 10.0 Å². The van der Waals surface area contributed by atoms with Gasteiger partial charge in [-0.25, -0.2) is 13.1 Å². The maximum Gasteiger partial charge on any atom is 0.289 e. The summed E-state index contributed by atoms with van der Waals surface area (Å²) in [6.07, 6.45) is 2.58. The van der Waals surface area contributed by atoms with E-state index in [-0.39, 0.29) is 35.7 Å². The summed E-state index contributed by atoms with van der Waals surface area (Å²) in [6.45, 7) is 4.87. The Hall–Kier alpha value is -2.65. The van der Waals surface area contributed by atoms with Gasteiger partial charge in [0, 0.05) is 32.1 Å². The Labute approximate surface area is 176 Å². The van der Waals surface area contributed by atoms with Crippen molar-refractivity contribution in [2.24, 2.45) is 5.92 Å². The Balaban J connectivity index is 1.42. The number of carbonyl (C=O) groups is 2. The molecule has 1 fully saturated rings. The second-order valence-corrected chi connectivity index (χ2v) is 9.24. The molecule has 8 nitrogen and oxygen atoms in total. The number of hydrogen-bond acceptors (Lipinski definition) is 5. The Morgan fingerprint density at radius 3 is 2.53 bits per heavy atom. The van der Waals surface area contributed by atoms with E-state index in [4.69, 9.17) is 4.42 Å². The highest BCUT2D eigenvalue weighted by Crippen LogP contribution is 2.19. The van der Waals surface area contributed by atoms with Crippen LogP contribution in [0.25, 0.3) is 0 Å². The normalized spacial score (nSPS) is 15.2. The maximum absolute atomic E-state index is 12.5. The molecule has 2 amide bonds. The number of likely N-dealkylation sites (tertiary alicyclic amines) is 1.